The van der Waals surface area contributed by atoms with E-state index < -0.39 is 23.2 Å². The highest BCUT2D eigenvalue weighted by molar-refractivity contribution is 6.20. The van der Waals surface area contributed by atoms with Gasteiger partial charge in [0.05, 0.1) is 16.5 Å². The molecule has 5 nitrogen and oxygen atoms in total. The Labute approximate surface area is 149 Å². The van der Waals surface area contributed by atoms with E-state index in [0.717, 1.165) is 5.56 Å². The van der Waals surface area contributed by atoms with E-state index in [1.165, 1.54) is 18.2 Å². The number of hydroxylamine groups is 2. The fourth-order valence-electron chi connectivity index (χ4n) is 3.24. The molecule has 1 fully saturated rings. The van der Waals surface area contributed by atoms with Crippen LogP contribution in [0.1, 0.15) is 44.7 Å². The lowest BCUT2D eigenvalue weighted by molar-refractivity contribution is -0.175. The number of benzene rings is 2. The lowest BCUT2D eigenvalue weighted by Gasteiger charge is -2.18. The Balaban J connectivity index is 1.51. The highest BCUT2D eigenvalue weighted by atomic mass is 19.1. The third-order valence-electron chi connectivity index (χ3n) is 4.98. The molecule has 0 unspecified atom stereocenters. The van der Waals surface area contributed by atoms with Crippen molar-refractivity contribution >= 4 is 17.8 Å². The third-order valence-corrected chi connectivity index (χ3v) is 4.98. The summed E-state index contributed by atoms with van der Waals surface area (Å²) in [5.41, 5.74) is 1.01. The Bertz CT molecular complexity index is 914. The van der Waals surface area contributed by atoms with Crippen molar-refractivity contribution in [2.24, 2.45) is 5.41 Å². The molecule has 2 aromatic rings. The molecule has 1 aliphatic heterocycles. The molecule has 2 aliphatic rings. The average molecular weight is 353 g/mol. The number of hydrogen-bond acceptors (Lipinski definition) is 4. The number of rotatable bonds is 4. The molecule has 0 spiro atoms. The van der Waals surface area contributed by atoms with Gasteiger partial charge in [-0.05, 0) is 55.5 Å². The SMILES string of the molecule is Cc1cc(CC2(C(=O)ON3C(=O)c4ccccc4C3=O)CC2)ccc1F. The van der Waals surface area contributed by atoms with Gasteiger partial charge < -0.3 is 4.84 Å². The summed E-state index contributed by atoms with van der Waals surface area (Å²) in [6.07, 6.45) is 1.59. The van der Waals surface area contributed by atoms with Crippen LogP contribution >= 0.6 is 0 Å². The van der Waals surface area contributed by atoms with E-state index in [2.05, 4.69) is 0 Å². The number of fused-ring (bicyclic) bond motifs is 1. The van der Waals surface area contributed by atoms with Crippen LogP contribution in [-0.4, -0.2) is 22.8 Å². The van der Waals surface area contributed by atoms with Gasteiger partial charge in [-0.1, -0.05) is 29.3 Å². The molecule has 0 aromatic heterocycles. The minimum Gasteiger partial charge on any atom is -0.329 e. The molecule has 2 aromatic carbocycles. The smallest absolute Gasteiger partial charge is 0.329 e. The van der Waals surface area contributed by atoms with E-state index in [-0.39, 0.29) is 16.9 Å². The van der Waals surface area contributed by atoms with Crippen LogP contribution in [0.4, 0.5) is 4.39 Å². The van der Waals surface area contributed by atoms with E-state index in [4.69, 9.17) is 4.84 Å². The molecule has 1 heterocycles. The molecule has 0 bridgehead atoms. The van der Waals surface area contributed by atoms with Crippen molar-refractivity contribution in [1.29, 1.82) is 0 Å². The molecule has 2 amide bonds. The van der Waals surface area contributed by atoms with Crippen molar-refractivity contribution in [3.05, 3.63) is 70.5 Å². The van der Waals surface area contributed by atoms with E-state index >= 15 is 0 Å². The summed E-state index contributed by atoms with van der Waals surface area (Å²) in [6.45, 7) is 1.66. The molecule has 0 atom stereocenters. The molecule has 4 rings (SSSR count). The maximum Gasteiger partial charge on any atom is 0.339 e. The highest BCUT2D eigenvalue weighted by Gasteiger charge is 2.53. The predicted octanol–water partition coefficient (Wildman–Crippen LogP) is 3.21. The van der Waals surface area contributed by atoms with Crippen molar-refractivity contribution < 1.29 is 23.6 Å². The van der Waals surface area contributed by atoms with Crippen molar-refractivity contribution in [2.75, 3.05) is 0 Å². The molecular formula is C20H16FNO4. The Morgan fingerprint density at radius 3 is 2.27 bits per heavy atom. The second kappa shape index (κ2) is 5.76. The molecule has 6 heteroatoms. The minimum absolute atomic E-state index is 0.226. The Morgan fingerprint density at radius 1 is 1.12 bits per heavy atom. The van der Waals surface area contributed by atoms with Gasteiger partial charge in [-0.15, -0.1) is 0 Å². The zero-order valence-corrected chi connectivity index (χ0v) is 14.1. The summed E-state index contributed by atoms with van der Waals surface area (Å²) in [5, 5.41) is 0.545. The van der Waals surface area contributed by atoms with Gasteiger partial charge in [0.25, 0.3) is 11.8 Å². The van der Waals surface area contributed by atoms with E-state index in [1.807, 2.05) is 0 Å². The second-order valence-electron chi connectivity index (χ2n) is 6.87. The third kappa shape index (κ3) is 2.58. The largest absolute Gasteiger partial charge is 0.339 e. The van der Waals surface area contributed by atoms with Crippen LogP contribution in [0.5, 0.6) is 0 Å². The summed E-state index contributed by atoms with van der Waals surface area (Å²) in [7, 11) is 0. The van der Waals surface area contributed by atoms with Crippen LogP contribution in [0.15, 0.2) is 42.5 Å². The lowest BCUT2D eigenvalue weighted by atomic mass is 9.95. The van der Waals surface area contributed by atoms with Crippen LogP contribution in [0.3, 0.4) is 0 Å². The first kappa shape index (κ1) is 16.4. The quantitative estimate of drug-likeness (QED) is 0.792. The monoisotopic (exact) mass is 353 g/mol. The van der Waals surface area contributed by atoms with Crippen LogP contribution in [0.25, 0.3) is 0 Å². The maximum absolute atomic E-state index is 13.4. The van der Waals surface area contributed by atoms with Gasteiger partial charge >= 0.3 is 5.97 Å². The number of carbonyl (C=O) groups is 3. The minimum atomic E-state index is -0.764. The molecule has 1 saturated carbocycles. The first-order chi connectivity index (χ1) is 12.4. The second-order valence-corrected chi connectivity index (χ2v) is 6.87. The van der Waals surface area contributed by atoms with Gasteiger partial charge in [-0.25, -0.2) is 9.18 Å². The number of nitrogens with zero attached hydrogens (tertiary/aromatic N) is 1. The number of imide groups is 1. The van der Waals surface area contributed by atoms with Gasteiger partial charge in [0.1, 0.15) is 5.82 Å². The summed E-state index contributed by atoms with van der Waals surface area (Å²) in [4.78, 5) is 42.5. The number of carbonyl (C=O) groups excluding carboxylic acids is 3. The molecule has 132 valence electrons. The van der Waals surface area contributed by atoms with E-state index in [9.17, 15) is 18.8 Å². The molecule has 0 N–H and O–H groups in total. The first-order valence-electron chi connectivity index (χ1n) is 8.36. The number of halogens is 1. The maximum atomic E-state index is 13.4. The summed E-state index contributed by atoms with van der Waals surface area (Å²) in [6, 6.07) is 11.1. The van der Waals surface area contributed by atoms with Crippen LogP contribution in [0, 0.1) is 18.2 Å². The summed E-state index contributed by atoms with van der Waals surface area (Å²) in [5.74, 6) is -2.17. The lowest BCUT2D eigenvalue weighted by Crippen LogP contribution is -2.36. The molecule has 0 radical (unpaired) electrons. The van der Waals surface area contributed by atoms with Gasteiger partial charge in [-0.3, -0.25) is 9.59 Å². The van der Waals surface area contributed by atoms with Crippen LogP contribution in [0.2, 0.25) is 0 Å². The van der Waals surface area contributed by atoms with Crippen molar-refractivity contribution in [1.82, 2.24) is 5.06 Å². The zero-order chi connectivity index (χ0) is 18.5. The zero-order valence-electron chi connectivity index (χ0n) is 14.1. The van der Waals surface area contributed by atoms with Gasteiger partial charge in [0, 0.05) is 0 Å². The fraction of sp³-hybridized carbons (Fsp3) is 0.250. The Kier molecular flexibility index (Phi) is 3.64. The molecule has 1 aliphatic carbocycles. The van der Waals surface area contributed by atoms with Gasteiger partial charge in [0.2, 0.25) is 0 Å². The first-order valence-corrected chi connectivity index (χ1v) is 8.36. The van der Waals surface area contributed by atoms with Crippen molar-refractivity contribution in [3.63, 3.8) is 0 Å². The van der Waals surface area contributed by atoms with E-state index in [1.54, 1.807) is 31.2 Å². The number of amides is 2. The normalized spacial score (nSPS) is 17.2. The van der Waals surface area contributed by atoms with Crippen LogP contribution in [-0.2, 0) is 16.1 Å². The summed E-state index contributed by atoms with van der Waals surface area (Å²) >= 11 is 0. The van der Waals surface area contributed by atoms with Crippen LogP contribution < -0.4 is 0 Å². The van der Waals surface area contributed by atoms with Crippen molar-refractivity contribution in [2.45, 2.75) is 26.2 Å². The summed E-state index contributed by atoms with van der Waals surface area (Å²) < 4.78 is 13.4. The molecule has 26 heavy (non-hydrogen) atoms. The fourth-order valence-corrected chi connectivity index (χ4v) is 3.24. The average Bonchev–Trinajstić information content (AvgIpc) is 3.38. The molecule has 0 saturated heterocycles. The highest BCUT2D eigenvalue weighted by Crippen LogP contribution is 2.50. The topological polar surface area (TPSA) is 63.7 Å². The van der Waals surface area contributed by atoms with Gasteiger partial charge in [-0.2, -0.15) is 0 Å². The number of aryl methyl sites for hydroxylation is 1. The van der Waals surface area contributed by atoms with Gasteiger partial charge in [0.15, 0.2) is 0 Å². The number of hydrogen-bond donors (Lipinski definition) is 0. The Morgan fingerprint density at radius 2 is 1.73 bits per heavy atom. The van der Waals surface area contributed by atoms with E-state index in [0.29, 0.717) is 29.9 Å². The predicted molar refractivity (Wildman–Crippen MR) is 89.5 cm³/mol. The Hall–Kier alpha value is -3.02. The molecular weight excluding hydrogens is 337 g/mol. The van der Waals surface area contributed by atoms with Crippen molar-refractivity contribution in [3.8, 4) is 0 Å². The standard InChI is InChI=1S/C20H16FNO4/c1-12-10-13(6-7-16(12)21)11-20(8-9-20)19(25)26-22-17(23)14-4-2-3-5-15(14)18(22)24/h2-7,10H,8-9,11H2,1H3.